The normalized spacial score (nSPS) is 10.4. The molecule has 29 heavy (non-hydrogen) atoms. The summed E-state index contributed by atoms with van der Waals surface area (Å²) in [5, 5.41) is 0. The van der Waals surface area contributed by atoms with Gasteiger partial charge in [0.25, 0.3) is 0 Å². The van der Waals surface area contributed by atoms with E-state index < -0.39 is 5.97 Å². The molecule has 0 atom stereocenters. The van der Waals surface area contributed by atoms with E-state index in [4.69, 9.17) is 18.9 Å². The molecule has 2 aromatic rings. The van der Waals surface area contributed by atoms with Gasteiger partial charge in [-0.05, 0) is 30.2 Å². The first kappa shape index (κ1) is 22.3. The third-order valence-corrected chi connectivity index (χ3v) is 3.85. The predicted octanol–water partition coefficient (Wildman–Crippen LogP) is 3.66. The van der Waals surface area contributed by atoms with E-state index in [0.717, 1.165) is 11.1 Å². The van der Waals surface area contributed by atoms with Crippen molar-refractivity contribution in [2.45, 2.75) is 6.92 Å². The van der Waals surface area contributed by atoms with Crippen LogP contribution in [0.5, 0.6) is 0 Å². The highest BCUT2D eigenvalue weighted by molar-refractivity contribution is 5.91. The Hall–Kier alpha value is -2.96. The summed E-state index contributed by atoms with van der Waals surface area (Å²) in [5.74, 6) is -0.817. The fraction of sp³-hybridized carbons (Fsp3) is 0.304. The van der Waals surface area contributed by atoms with E-state index in [1.165, 1.54) is 0 Å². The number of carbonyl (C=O) groups excluding carboxylic acids is 2. The van der Waals surface area contributed by atoms with Crippen LogP contribution in [0, 0.1) is 0 Å². The summed E-state index contributed by atoms with van der Waals surface area (Å²) in [4.78, 5) is 23.3. The molecule has 154 valence electrons. The zero-order chi connectivity index (χ0) is 20.9. The van der Waals surface area contributed by atoms with Gasteiger partial charge in [-0.1, -0.05) is 49.0 Å². The molecule has 6 nitrogen and oxygen atoms in total. The van der Waals surface area contributed by atoms with Gasteiger partial charge in [-0.15, -0.1) is 0 Å². The monoisotopic (exact) mass is 398 g/mol. The van der Waals surface area contributed by atoms with Crippen molar-refractivity contribution < 1.29 is 28.5 Å². The molecule has 0 saturated carbocycles. The molecule has 0 aliphatic rings. The van der Waals surface area contributed by atoms with Gasteiger partial charge in [0.15, 0.2) is 0 Å². The van der Waals surface area contributed by atoms with E-state index >= 15 is 0 Å². The summed E-state index contributed by atoms with van der Waals surface area (Å²) in [6, 6.07) is 17.2. The first-order chi connectivity index (χ1) is 14.1. The summed E-state index contributed by atoms with van der Waals surface area (Å²) < 4.78 is 20.8. The second-order valence-corrected chi connectivity index (χ2v) is 6.22. The Balaban J connectivity index is 1.57. The van der Waals surface area contributed by atoms with Crippen LogP contribution in [0.25, 0.3) is 11.1 Å². The lowest BCUT2D eigenvalue weighted by atomic mass is 10.0. The second kappa shape index (κ2) is 12.5. The van der Waals surface area contributed by atoms with Crippen LogP contribution in [0.4, 0.5) is 0 Å². The van der Waals surface area contributed by atoms with Crippen LogP contribution in [0.1, 0.15) is 17.3 Å². The highest BCUT2D eigenvalue weighted by Crippen LogP contribution is 2.20. The van der Waals surface area contributed by atoms with Gasteiger partial charge in [0.2, 0.25) is 0 Å². The van der Waals surface area contributed by atoms with Crippen molar-refractivity contribution in [1.29, 1.82) is 0 Å². The number of rotatable bonds is 12. The maximum Gasteiger partial charge on any atom is 0.338 e. The minimum absolute atomic E-state index is 0.157. The minimum Gasteiger partial charge on any atom is -0.460 e. The molecule has 0 unspecified atom stereocenters. The molecule has 0 N–H and O–H groups in total. The fourth-order valence-electron chi connectivity index (χ4n) is 2.37. The van der Waals surface area contributed by atoms with Crippen LogP contribution in [0.15, 0.2) is 66.7 Å². The molecule has 0 bridgehead atoms. The lowest BCUT2D eigenvalue weighted by molar-refractivity contribution is -0.140. The molecule has 0 radical (unpaired) electrons. The average molecular weight is 398 g/mol. The first-order valence-electron chi connectivity index (χ1n) is 9.38. The molecule has 0 heterocycles. The molecular formula is C23H26O6. The van der Waals surface area contributed by atoms with Crippen LogP contribution in [0.2, 0.25) is 0 Å². The Morgan fingerprint density at radius 2 is 1.34 bits per heavy atom. The summed E-state index contributed by atoms with van der Waals surface area (Å²) >= 11 is 0. The average Bonchev–Trinajstić information content (AvgIpc) is 2.75. The standard InChI is InChI=1S/C23H26O6/c1-18(2)22(24)28-15-13-26-11-12-27-14-16-29-23(25)21-10-6-9-20(17-21)19-7-4-3-5-8-19/h3-10,17H,1,11-16H2,2H3. The Labute approximate surface area is 171 Å². The molecule has 0 aliphatic carbocycles. The van der Waals surface area contributed by atoms with Crippen molar-refractivity contribution in [2.75, 3.05) is 39.6 Å². The van der Waals surface area contributed by atoms with Gasteiger partial charge < -0.3 is 18.9 Å². The van der Waals surface area contributed by atoms with Crippen molar-refractivity contribution in [2.24, 2.45) is 0 Å². The van der Waals surface area contributed by atoms with Crippen molar-refractivity contribution in [3.8, 4) is 11.1 Å². The van der Waals surface area contributed by atoms with Crippen LogP contribution >= 0.6 is 0 Å². The molecule has 2 rings (SSSR count). The number of hydrogen-bond acceptors (Lipinski definition) is 6. The third kappa shape index (κ3) is 8.29. The maximum atomic E-state index is 12.2. The lowest BCUT2D eigenvalue weighted by Crippen LogP contribution is -2.15. The lowest BCUT2D eigenvalue weighted by Gasteiger charge is -2.08. The van der Waals surface area contributed by atoms with Crippen molar-refractivity contribution in [1.82, 2.24) is 0 Å². The Bertz CT molecular complexity index is 800. The topological polar surface area (TPSA) is 71.1 Å². The molecule has 0 amide bonds. The van der Waals surface area contributed by atoms with E-state index in [1.54, 1.807) is 13.0 Å². The van der Waals surface area contributed by atoms with Crippen molar-refractivity contribution in [3.05, 3.63) is 72.3 Å². The Kier molecular flexibility index (Phi) is 9.62. The molecule has 0 fully saturated rings. The SMILES string of the molecule is C=C(C)C(=O)OCCOCCOCCOC(=O)c1cccc(-c2ccccc2)c1. The van der Waals surface area contributed by atoms with Gasteiger partial charge in [0, 0.05) is 5.57 Å². The Morgan fingerprint density at radius 3 is 2.00 bits per heavy atom. The summed E-state index contributed by atoms with van der Waals surface area (Å²) in [6.07, 6.45) is 0. The maximum absolute atomic E-state index is 12.2. The van der Waals surface area contributed by atoms with E-state index in [9.17, 15) is 9.59 Å². The highest BCUT2D eigenvalue weighted by atomic mass is 16.6. The van der Waals surface area contributed by atoms with Gasteiger partial charge in [-0.2, -0.15) is 0 Å². The van der Waals surface area contributed by atoms with Gasteiger partial charge in [0.05, 0.1) is 32.0 Å². The predicted molar refractivity (Wildman–Crippen MR) is 110 cm³/mol. The number of ether oxygens (including phenoxy) is 4. The molecule has 0 aromatic heterocycles. The van der Waals surface area contributed by atoms with Crippen LogP contribution in [0.3, 0.4) is 0 Å². The number of carbonyl (C=O) groups is 2. The number of esters is 2. The Morgan fingerprint density at radius 1 is 0.759 bits per heavy atom. The van der Waals surface area contributed by atoms with Crippen LogP contribution < -0.4 is 0 Å². The quantitative estimate of drug-likeness (QED) is 0.309. The molecule has 2 aromatic carbocycles. The van der Waals surface area contributed by atoms with E-state index in [0.29, 0.717) is 24.4 Å². The van der Waals surface area contributed by atoms with Gasteiger partial charge >= 0.3 is 11.9 Å². The largest absolute Gasteiger partial charge is 0.460 e. The van der Waals surface area contributed by atoms with E-state index in [2.05, 4.69) is 6.58 Å². The van der Waals surface area contributed by atoms with Crippen molar-refractivity contribution >= 4 is 11.9 Å². The third-order valence-electron chi connectivity index (χ3n) is 3.85. The minimum atomic E-state index is -0.430. The summed E-state index contributed by atoms with van der Waals surface area (Å²) in [7, 11) is 0. The summed E-state index contributed by atoms with van der Waals surface area (Å²) in [6.45, 7) is 6.69. The molecule has 0 spiro atoms. The van der Waals surface area contributed by atoms with Gasteiger partial charge in [0.1, 0.15) is 13.2 Å². The number of benzene rings is 2. The first-order valence-corrected chi connectivity index (χ1v) is 9.38. The highest BCUT2D eigenvalue weighted by Gasteiger charge is 2.08. The zero-order valence-corrected chi connectivity index (χ0v) is 16.6. The molecule has 0 aliphatic heterocycles. The number of hydrogen-bond donors (Lipinski definition) is 0. The summed E-state index contributed by atoms with van der Waals surface area (Å²) in [5.41, 5.74) is 2.86. The van der Waals surface area contributed by atoms with E-state index in [-0.39, 0.29) is 32.4 Å². The zero-order valence-electron chi connectivity index (χ0n) is 16.6. The van der Waals surface area contributed by atoms with Gasteiger partial charge in [-0.25, -0.2) is 9.59 Å². The fourth-order valence-corrected chi connectivity index (χ4v) is 2.37. The second-order valence-electron chi connectivity index (χ2n) is 6.22. The van der Waals surface area contributed by atoms with Crippen molar-refractivity contribution in [3.63, 3.8) is 0 Å². The van der Waals surface area contributed by atoms with Gasteiger partial charge in [-0.3, -0.25) is 0 Å². The molecule has 0 saturated heterocycles. The smallest absolute Gasteiger partial charge is 0.338 e. The molecular weight excluding hydrogens is 372 g/mol. The molecule has 6 heteroatoms. The van der Waals surface area contributed by atoms with Crippen LogP contribution in [-0.4, -0.2) is 51.6 Å². The van der Waals surface area contributed by atoms with E-state index in [1.807, 2.05) is 48.5 Å². The van der Waals surface area contributed by atoms with Crippen LogP contribution in [-0.2, 0) is 23.7 Å².